The van der Waals surface area contributed by atoms with Gasteiger partial charge in [0.25, 0.3) is 0 Å². The first-order chi connectivity index (χ1) is 13.3. The summed E-state index contributed by atoms with van der Waals surface area (Å²) in [5.41, 5.74) is -0.641. The van der Waals surface area contributed by atoms with Gasteiger partial charge in [0, 0.05) is 5.41 Å². The highest BCUT2D eigenvalue weighted by atomic mass is 35.5. The number of hydrogen-bond acceptors (Lipinski definition) is 4. The van der Waals surface area contributed by atoms with Gasteiger partial charge in [-0.05, 0) is 67.9 Å². The average molecular weight is 439 g/mol. The Bertz CT molecular complexity index is 772. The number of fused-ring (bicyclic) bond motifs is 2. The number of Topliss-reactive ketones (excluding diaryl/α,β-unsaturated/α-hetero) is 1. The van der Waals surface area contributed by atoms with E-state index in [9.17, 15) is 9.90 Å². The molecule has 29 heavy (non-hydrogen) atoms. The van der Waals surface area contributed by atoms with E-state index in [1.807, 2.05) is 0 Å². The van der Waals surface area contributed by atoms with Crippen LogP contribution in [0.5, 0.6) is 5.75 Å². The standard InChI is InChI=1S/C23H35ClO4Si/c1-21(2)16-12-13-22(21,3)23(14-16,28-29(5,6)7)20(26)18(24)19(25)15-8-10-17(27-4)11-9-15/h8-11,16,18-19,25H,12-14H2,1-7H3/t16-,18-,19-,22-,23+/m1/s1. The van der Waals surface area contributed by atoms with E-state index in [-0.39, 0.29) is 16.6 Å². The summed E-state index contributed by atoms with van der Waals surface area (Å²) in [6.45, 7) is 13.1. The minimum atomic E-state index is -2.05. The number of rotatable bonds is 7. The average Bonchev–Trinajstić information content (AvgIpc) is 2.97. The van der Waals surface area contributed by atoms with E-state index in [1.54, 1.807) is 31.4 Å². The van der Waals surface area contributed by atoms with Crippen molar-refractivity contribution in [2.75, 3.05) is 7.11 Å². The fourth-order valence-electron chi connectivity index (χ4n) is 5.68. The summed E-state index contributed by atoms with van der Waals surface area (Å²) in [5.74, 6) is 0.955. The summed E-state index contributed by atoms with van der Waals surface area (Å²) in [6.07, 6.45) is 1.66. The predicted molar refractivity (Wildman–Crippen MR) is 119 cm³/mol. The molecule has 0 spiro atoms. The van der Waals surface area contributed by atoms with Crippen LogP contribution in [0.15, 0.2) is 24.3 Å². The molecule has 0 amide bonds. The van der Waals surface area contributed by atoms with Gasteiger partial charge in [-0.3, -0.25) is 4.79 Å². The Morgan fingerprint density at radius 3 is 2.21 bits per heavy atom. The molecule has 0 heterocycles. The molecular weight excluding hydrogens is 404 g/mol. The number of ether oxygens (including phenoxy) is 1. The molecule has 2 fully saturated rings. The van der Waals surface area contributed by atoms with Crippen LogP contribution in [0.4, 0.5) is 0 Å². The van der Waals surface area contributed by atoms with E-state index in [1.165, 1.54) is 0 Å². The highest BCUT2D eigenvalue weighted by molar-refractivity contribution is 6.70. The van der Waals surface area contributed by atoms with E-state index < -0.39 is 25.4 Å². The zero-order valence-corrected chi connectivity index (χ0v) is 20.5. The second kappa shape index (κ2) is 7.36. The number of methoxy groups -OCH3 is 1. The fourth-order valence-corrected chi connectivity index (χ4v) is 7.46. The first kappa shape index (κ1) is 22.8. The molecule has 1 N–H and O–H groups in total. The lowest BCUT2D eigenvalue weighted by atomic mass is 9.62. The van der Waals surface area contributed by atoms with Crippen molar-refractivity contribution >= 4 is 25.7 Å². The third-order valence-corrected chi connectivity index (χ3v) is 9.12. The molecule has 0 unspecified atom stereocenters. The molecule has 1 aromatic carbocycles. The Labute approximate surface area is 181 Å². The first-order valence-corrected chi connectivity index (χ1v) is 14.3. The molecule has 2 aliphatic carbocycles. The molecule has 3 rings (SSSR count). The van der Waals surface area contributed by atoms with Crippen molar-refractivity contribution in [1.82, 2.24) is 0 Å². The maximum atomic E-state index is 13.9. The highest BCUT2D eigenvalue weighted by Gasteiger charge is 2.73. The number of benzene rings is 1. The molecule has 5 atom stereocenters. The number of aliphatic hydroxyl groups is 1. The summed E-state index contributed by atoms with van der Waals surface area (Å²) in [6, 6.07) is 7.04. The van der Waals surface area contributed by atoms with Crippen molar-refractivity contribution in [2.45, 2.75) is 76.8 Å². The van der Waals surface area contributed by atoms with Crippen molar-refractivity contribution in [3.8, 4) is 5.75 Å². The minimum absolute atomic E-state index is 0.00994. The van der Waals surface area contributed by atoms with Crippen LogP contribution in [0.3, 0.4) is 0 Å². The summed E-state index contributed by atoms with van der Waals surface area (Å²) >= 11 is 6.69. The SMILES string of the molecule is COc1ccc([C@@H](O)[C@@H](Cl)C(=O)[C@@]2(O[Si](C)(C)C)C[C@H]3CC[C@]2(C)C3(C)C)cc1. The zero-order valence-electron chi connectivity index (χ0n) is 18.7. The van der Waals surface area contributed by atoms with Gasteiger partial charge in [0.2, 0.25) is 0 Å². The largest absolute Gasteiger partial charge is 0.497 e. The highest BCUT2D eigenvalue weighted by Crippen LogP contribution is 2.71. The van der Waals surface area contributed by atoms with Crippen LogP contribution < -0.4 is 4.74 Å². The van der Waals surface area contributed by atoms with Crippen LogP contribution in [0.25, 0.3) is 0 Å². The van der Waals surface area contributed by atoms with Crippen LogP contribution in [-0.2, 0) is 9.22 Å². The number of aliphatic hydroxyl groups excluding tert-OH is 1. The maximum absolute atomic E-state index is 13.9. The van der Waals surface area contributed by atoms with Crippen LogP contribution >= 0.6 is 11.6 Å². The summed E-state index contributed by atoms with van der Waals surface area (Å²) in [4.78, 5) is 13.9. The molecule has 6 heteroatoms. The van der Waals surface area contributed by atoms with Crippen LogP contribution in [-0.4, -0.2) is 37.3 Å². The Kier molecular flexibility index (Phi) is 5.79. The van der Waals surface area contributed by atoms with Crippen LogP contribution in [0, 0.1) is 16.7 Å². The van der Waals surface area contributed by atoms with Gasteiger partial charge in [-0.1, -0.05) is 32.9 Å². The minimum Gasteiger partial charge on any atom is -0.497 e. The predicted octanol–water partition coefficient (Wildman–Crippen LogP) is 5.34. The van der Waals surface area contributed by atoms with Gasteiger partial charge in [-0.2, -0.15) is 0 Å². The van der Waals surface area contributed by atoms with Gasteiger partial charge < -0.3 is 14.3 Å². The first-order valence-electron chi connectivity index (χ1n) is 10.5. The second-order valence-electron chi connectivity index (χ2n) is 10.5. The zero-order chi connectivity index (χ0) is 21.8. The number of carbonyl (C=O) groups is 1. The van der Waals surface area contributed by atoms with Gasteiger partial charge in [0.1, 0.15) is 22.8 Å². The number of ketones is 1. The third kappa shape index (κ3) is 3.48. The van der Waals surface area contributed by atoms with Crippen LogP contribution in [0.2, 0.25) is 19.6 Å². The smallest absolute Gasteiger partial charge is 0.185 e. The number of alkyl halides is 1. The molecule has 1 aromatic rings. The van der Waals surface area contributed by atoms with Gasteiger partial charge in [0.05, 0.1) is 7.11 Å². The quantitative estimate of drug-likeness (QED) is 0.461. The molecule has 2 saturated carbocycles. The molecule has 0 radical (unpaired) electrons. The van der Waals surface area contributed by atoms with Crippen molar-refractivity contribution < 1.29 is 19.1 Å². The Morgan fingerprint density at radius 2 is 1.79 bits per heavy atom. The summed E-state index contributed by atoms with van der Waals surface area (Å²) in [5, 5.41) is 9.88. The lowest BCUT2D eigenvalue weighted by Gasteiger charge is -2.51. The summed E-state index contributed by atoms with van der Waals surface area (Å²) < 4.78 is 11.9. The lowest BCUT2D eigenvalue weighted by molar-refractivity contribution is -0.153. The van der Waals surface area contributed by atoms with Gasteiger partial charge in [0.15, 0.2) is 14.1 Å². The number of halogens is 1. The van der Waals surface area contributed by atoms with E-state index in [0.29, 0.717) is 23.7 Å². The van der Waals surface area contributed by atoms with Gasteiger partial charge in [-0.25, -0.2) is 0 Å². The van der Waals surface area contributed by atoms with E-state index in [2.05, 4.69) is 40.4 Å². The fraction of sp³-hybridized carbons (Fsp3) is 0.696. The number of carbonyl (C=O) groups excluding carboxylic acids is 1. The van der Waals surface area contributed by atoms with Crippen LogP contribution in [0.1, 0.15) is 51.7 Å². The van der Waals surface area contributed by atoms with Crippen molar-refractivity contribution in [1.29, 1.82) is 0 Å². The van der Waals surface area contributed by atoms with Crippen molar-refractivity contribution in [2.24, 2.45) is 16.7 Å². The molecule has 0 aromatic heterocycles. The Balaban J connectivity index is 1.97. The molecule has 4 nitrogen and oxygen atoms in total. The molecule has 0 aliphatic heterocycles. The number of hydrogen-bond donors (Lipinski definition) is 1. The Hall–Kier alpha value is -0.883. The lowest BCUT2D eigenvalue weighted by Crippen LogP contribution is -2.61. The topological polar surface area (TPSA) is 55.8 Å². The van der Waals surface area contributed by atoms with E-state index >= 15 is 0 Å². The molecule has 162 valence electrons. The third-order valence-electron chi connectivity index (χ3n) is 7.72. The molecule has 2 aliphatic rings. The maximum Gasteiger partial charge on any atom is 0.185 e. The van der Waals surface area contributed by atoms with Crippen molar-refractivity contribution in [3.63, 3.8) is 0 Å². The molecule has 0 saturated heterocycles. The van der Waals surface area contributed by atoms with Gasteiger partial charge >= 0.3 is 0 Å². The molecular formula is C23H35ClO4Si. The van der Waals surface area contributed by atoms with E-state index in [0.717, 1.165) is 12.8 Å². The monoisotopic (exact) mass is 438 g/mol. The van der Waals surface area contributed by atoms with E-state index in [4.69, 9.17) is 20.8 Å². The van der Waals surface area contributed by atoms with Gasteiger partial charge in [-0.15, -0.1) is 11.6 Å². The second-order valence-corrected chi connectivity index (χ2v) is 15.4. The normalized spacial score (nSPS) is 32.8. The van der Waals surface area contributed by atoms with Crippen molar-refractivity contribution in [3.05, 3.63) is 29.8 Å². The molecule has 2 bridgehead atoms. The summed E-state index contributed by atoms with van der Waals surface area (Å²) in [7, 11) is -0.463. The Morgan fingerprint density at radius 1 is 1.21 bits per heavy atom.